The topological polar surface area (TPSA) is 154 Å². The molecule has 0 atom stereocenters. The van der Waals surface area contributed by atoms with E-state index in [9.17, 15) is 29.7 Å². The SMILES string of the molecule is Nc1[nH]c(=O)c(C(=O)O)c(-c2cc(Cl)cc(Cl)c2O)c1C(=O)O. The van der Waals surface area contributed by atoms with Gasteiger partial charge in [-0.3, -0.25) is 4.79 Å². The molecule has 0 saturated carbocycles. The lowest BCUT2D eigenvalue weighted by Gasteiger charge is -2.14. The van der Waals surface area contributed by atoms with E-state index in [2.05, 4.69) is 0 Å². The molecule has 0 aliphatic heterocycles. The number of nitrogens with one attached hydrogen (secondary N) is 1. The molecule has 120 valence electrons. The van der Waals surface area contributed by atoms with Crippen LogP contribution in [0, 0.1) is 0 Å². The predicted molar refractivity (Wildman–Crippen MR) is 82.5 cm³/mol. The van der Waals surface area contributed by atoms with Crippen molar-refractivity contribution >= 4 is 41.0 Å². The largest absolute Gasteiger partial charge is 0.506 e. The van der Waals surface area contributed by atoms with Crippen LogP contribution >= 0.6 is 23.2 Å². The van der Waals surface area contributed by atoms with E-state index in [1.165, 1.54) is 6.07 Å². The second kappa shape index (κ2) is 5.82. The summed E-state index contributed by atoms with van der Waals surface area (Å²) in [5.74, 6) is -4.52. The van der Waals surface area contributed by atoms with Gasteiger partial charge in [-0.05, 0) is 12.1 Å². The average Bonchev–Trinajstić information content (AvgIpc) is 2.40. The number of halogens is 2. The highest BCUT2D eigenvalue weighted by atomic mass is 35.5. The third-order valence-electron chi connectivity index (χ3n) is 2.97. The van der Waals surface area contributed by atoms with Crippen LogP contribution in [0.15, 0.2) is 16.9 Å². The van der Waals surface area contributed by atoms with E-state index in [0.29, 0.717) is 0 Å². The smallest absolute Gasteiger partial charge is 0.342 e. The summed E-state index contributed by atoms with van der Waals surface area (Å²) in [5.41, 5.74) is 1.81. The normalized spacial score (nSPS) is 10.5. The lowest BCUT2D eigenvalue weighted by Crippen LogP contribution is -2.24. The molecule has 1 heterocycles. The fourth-order valence-corrected chi connectivity index (χ4v) is 2.57. The minimum absolute atomic E-state index is 0.00525. The summed E-state index contributed by atoms with van der Waals surface area (Å²) in [6.07, 6.45) is 0. The molecule has 23 heavy (non-hydrogen) atoms. The summed E-state index contributed by atoms with van der Waals surface area (Å²) in [6, 6.07) is 2.25. The van der Waals surface area contributed by atoms with Crippen LogP contribution in [-0.4, -0.2) is 32.2 Å². The van der Waals surface area contributed by atoms with Crippen LogP contribution in [0.3, 0.4) is 0 Å². The number of aromatic hydroxyl groups is 1. The molecule has 0 radical (unpaired) electrons. The monoisotopic (exact) mass is 358 g/mol. The number of aromatic nitrogens is 1. The maximum atomic E-state index is 11.9. The van der Waals surface area contributed by atoms with Crippen LogP contribution < -0.4 is 11.3 Å². The Morgan fingerprint density at radius 1 is 1.09 bits per heavy atom. The molecule has 0 unspecified atom stereocenters. The number of aromatic amines is 1. The molecular weight excluding hydrogens is 351 g/mol. The molecule has 2 aromatic rings. The second-order valence-corrected chi connectivity index (χ2v) is 5.23. The fourth-order valence-electron chi connectivity index (χ4n) is 2.07. The Balaban J connectivity index is 3.10. The first kappa shape index (κ1) is 16.7. The number of pyridine rings is 1. The van der Waals surface area contributed by atoms with E-state index in [1.54, 1.807) is 0 Å². The number of hydrogen-bond acceptors (Lipinski definition) is 5. The molecular formula is C13H8Cl2N2O6. The molecule has 0 fully saturated rings. The Labute approximate surface area is 137 Å². The van der Waals surface area contributed by atoms with Crippen molar-refractivity contribution in [1.29, 1.82) is 0 Å². The van der Waals surface area contributed by atoms with E-state index >= 15 is 0 Å². The Morgan fingerprint density at radius 2 is 1.65 bits per heavy atom. The third-order valence-corrected chi connectivity index (χ3v) is 3.48. The van der Waals surface area contributed by atoms with Gasteiger partial charge in [0.2, 0.25) is 0 Å². The molecule has 2 rings (SSSR count). The van der Waals surface area contributed by atoms with Gasteiger partial charge in [0.15, 0.2) is 0 Å². The number of carboxylic acid groups (broad SMARTS) is 2. The molecule has 0 amide bonds. The lowest BCUT2D eigenvalue weighted by atomic mass is 9.94. The number of anilines is 1. The van der Waals surface area contributed by atoms with Gasteiger partial charge in [0.25, 0.3) is 5.56 Å². The highest BCUT2D eigenvalue weighted by Gasteiger charge is 2.28. The maximum absolute atomic E-state index is 11.9. The van der Waals surface area contributed by atoms with E-state index in [4.69, 9.17) is 28.9 Å². The van der Waals surface area contributed by atoms with Crippen molar-refractivity contribution in [3.63, 3.8) is 0 Å². The minimum Gasteiger partial charge on any atom is -0.506 e. The summed E-state index contributed by atoms with van der Waals surface area (Å²) in [5, 5.41) is 28.3. The number of phenols is 1. The van der Waals surface area contributed by atoms with Gasteiger partial charge in [-0.2, -0.15) is 0 Å². The Hall–Kier alpha value is -2.71. The zero-order valence-electron chi connectivity index (χ0n) is 11.1. The van der Waals surface area contributed by atoms with Gasteiger partial charge in [0, 0.05) is 16.1 Å². The number of nitrogen functional groups attached to an aromatic ring is 1. The van der Waals surface area contributed by atoms with Crippen molar-refractivity contribution in [2.75, 3.05) is 5.73 Å². The third kappa shape index (κ3) is 2.81. The van der Waals surface area contributed by atoms with Crippen molar-refractivity contribution in [1.82, 2.24) is 4.98 Å². The first-order valence-corrected chi connectivity index (χ1v) is 6.61. The van der Waals surface area contributed by atoms with Crippen molar-refractivity contribution < 1.29 is 24.9 Å². The first-order valence-electron chi connectivity index (χ1n) is 5.85. The number of rotatable bonds is 3. The van der Waals surface area contributed by atoms with Crippen molar-refractivity contribution in [2.24, 2.45) is 0 Å². The number of hydrogen-bond donors (Lipinski definition) is 5. The van der Waals surface area contributed by atoms with Gasteiger partial charge in [-0.15, -0.1) is 0 Å². The average molecular weight is 359 g/mol. The van der Waals surface area contributed by atoms with E-state index in [1.807, 2.05) is 4.98 Å². The molecule has 0 bridgehead atoms. The maximum Gasteiger partial charge on any atom is 0.342 e. The van der Waals surface area contributed by atoms with E-state index < -0.39 is 45.8 Å². The molecule has 0 aliphatic carbocycles. The van der Waals surface area contributed by atoms with Gasteiger partial charge >= 0.3 is 11.9 Å². The number of carbonyl (C=O) groups is 2. The van der Waals surface area contributed by atoms with Crippen LogP contribution in [0.2, 0.25) is 10.0 Å². The molecule has 1 aromatic carbocycles. The number of nitrogens with two attached hydrogens (primary N) is 1. The van der Waals surface area contributed by atoms with Crippen LogP contribution in [-0.2, 0) is 0 Å². The van der Waals surface area contributed by atoms with Crippen molar-refractivity contribution in [3.05, 3.63) is 43.7 Å². The summed E-state index contributed by atoms with van der Waals surface area (Å²) < 4.78 is 0. The number of H-pyrrole nitrogens is 1. The Morgan fingerprint density at radius 3 is 2.17 bits per heavy atom. The van der Waals surface area contributed by atoms with E-state index in [-0.39, 0.29) is 15.6 Å². The van der Waals surface area contributed by atoms with Gasteiger partial charge in [-0.1, -0.05) is 23.2 Å². The molecule has 0 saturated heterocycles. The van der Waals surface area contributed by atoms with Crippen molar-refractivity contribution in [3.8, 4) is 16.9 Å². The zero-order chi connectivity index (χ0) is 17.5. The Kier molecular flexibility index (Phi) is 4.22. The van der Waals surface area contributed by atoms with Crippen LogP contribution in [0.4, 0.5) is 5.82 Å². The van der Waals surface area contributed by atoms with Gasteiger partial charge in [-0.25, -0.2) is 9.59 Å². The summed E-state index contributed by atoms with van der Waals surface area (Å²) in [7, 11) is 0. The van der Waals surface area contributed by atoms with Gasteiger partial charge in [0.1, 0.15) is 22.7 Å². The zero-order valence-corrected chi connectivity index (χ0v) is 12.6. The molecule has 8 nitrogen and oxygen atoms in total. The molecule has 10 heteroatoms. The predicted octanol–water partition coefficient (Wildman–Crippen LogP) is 2.03. The fraction of sp³-hybridized carbons (Fsp3) is 0. The number of carboxylic acids is 2. The second-order valence-electron chi connectivity index (χ2n) is 4.39. The van der Waals surface area contributed by atoms with Gasteiger partial charge in [0.05, 0.1) is 5.02 Å². The minimum atomic E-state index is -1.71. The van der Waals surface area contributed by atoms with Gasteiger partial charge < -0.3 is 26.0 Å². The van der Waals surface area contributed by atoms with E-state index in [0.717, 1.165) is 6.07 Å². The first-order chi connectivity index (χ1) is 10.6. The van der Waals surface area contributed by atoms with Crippen LogP contribution in [0.25, 0.3) is 11.1 Å². The highest BCUT2D eigenvalue weighted by molar-refractivity contribution is 6.36. The highest BCUT2D eigenvalue weighted by Crippen LogP contribution is 2.41. The quantitative estimate of drug-likeness (QED) is 0.562. The lowest BCUT2D eigenvalue weighted by molar-refractivity contribution is 0.0695. The van der Waals surface area contributed by atoms with Crippen LogP contribution in [0.1, 0.15) is 20.7 Å². The summed E-state index contributed by atoms with van der Waals surface area (Å²) in [4.78, 5) is 36.6. The summed E-state index contributed by atoms with van der Waals surface area (Å²) >= 11 is 11.6. The molecule has 0 spiro atoms. The molecule has 1 aromatic heterocycles. The standard InChI is InChI=1S/C13H8Cl2N2O6/c14-3-1-4(9(18)5(15)2-3)6-7(12(20)21)10(16)17-11(19)8(6)13(22)23/h1-2,18H,(H,20,21)(H,22,23)(H3,16,17,19). The number of phenolic OH excluding ortho intramolecular Hbond substituents is 1. The number of benzene rings is 1. The Bertz CT molecular complexity index is 906. The van der Waals surface area contributed by atoms with Crippen molar-refractivity contribution in [2.45, 2.75) is 0 Å². The number of aromatic carboxylic acids is 2. The van der Waals surface area contributed by atoms with Crippen LogP contribution in [0.5, 0.6) is 5.75 Å². The molecule has 6 N–H and O–H groups in total. The molecule has 0 aliphatic rings. The summed E-state index contributed by atoms with van der Waals surface area (Å²) in [6.45, 7) is 0.